The lowest BCUT2D eigenvalue weighted by atomic mass is 9.94. The molecule has 0 saturated carbocycles. The van der Waals surface area contributed by atoms with E-state index in [0.29, 0.717) is 24.1 Å². The number of nitrogens with one attached hydrogen (secondary N) is 1. The molecule has 0 radical (unpaired) electrons. The lowest BCUT2D eigenvalue weighted by Crippen LogP contribution is -2.44. The Kier molecular flexibility index (Phi) is 4.84. The fourth-order valence-electron chi connectivity index (χ4n) is 2.64. The van der Waals surface area contributed by atoms with Crippen molar-refractivity contribution in [1.82, 2.24) is 5.32 Å². The van der Waals surface area contributed by atoms with Crippen molar-refractivity contribution in [2.75, 3.05) is 6.61 Å². The molecule has 1 aromatic heterocycles. The van der Waals surface area contributed by atoms with Crippen LogP contribution in [0.4, 0.5) is 0 Å². The first-order valence-corrected chi connectivity index (χ1v) is 7.05. The fourth-order valence-corrected chi connectivity index (χ4v) is 2.64. The Hall–Kier alpha value is -0.800. The van der Waals surface area contributed by atoms with Crippen molar-refractivity contribution in [3.63, 3.8) is 0 Å². The molecule has 18 heavy (non-hydrogen) atoms. The first-order valence-electron chi connectivity index (χ1n) is 7.05. The molecule has 2 heterocycles. The van der Waals surface area contributed by atoms with Crippen LogP contribution in [0.1, 0.15) is 39.4 Å². The largest absolute Gasteiger partial charge is 0.469 e. The normalized spacial score (nSPS) is 26.4. The Morgan fingerprint density at radius 1 is 1.39 bits per heavy atom. The van der Waals surface area contributed by atoms with Crippen molar-refractivity contribution in [2.45, 2.75) is 58.2 Å². The van der Waals surface area contributed by atoms with Crippen molar-refractivity contribution in [2.24, 2.45) is 5.92 Å². The van der Waals surface area contributed by atoms with E-state index in [-0.39, 0.29) is 0 Å². The van der Waals surface area contributed by atoms with E-state index in [9.17, 15) is 0 Å². The molecule has 1 N–H and O–H groups in total. The van der Waals surface area contributed by atoms with Gasteiger partial charge in [-0.2, -0.15) is 0 Å². The zero-order valence-corrected chi connectivity index (χ0v) is 11.7. The van der Waals surface area contributed by atoms with Gasteiger partial charge in [-0.3, -0.25) is 0 Å². The number of hydrogen-bond acceptors (Lipinski definition) is 3. The Morgan fingerprint density at radius 2 is 2.22 bits per heavy atom. The van der Waals surface area contributed by atoms with E-state index in [1.165, 1.54) is 0 Å². The summed E-state index contributed by atoms with van der Waals surface area (Å²) in [5.41, 5.74) is 0. The van der Waals surface area contributed by atoms with Crippen LogP contribution in [0, 0.1) is 5.92 Å². The van der Waals surface area contributed by atoms with Gasteiger partial charge in [0.05, 0.1) is 12.4 Å². The molecule has 1 aliphatic heterocycles. The molecule has 3 unspecified atom stereocenters. The first-order chi connectivity index (χ1) is 8.65. The summed E-state index contributed by atoms with van der Waals surface area (Å²) >= 11 is 0. The molecule has 2 rings (SSSR count). The zero-order chi connectivity index (χ0) is 13.0. The van der Waals surface area contributed by atoms with Gasteiger partial charge in [-0.1, -0.05) is 13.8 Å². The molecule has 0 aromatic carbocycles. The van der Waals surface area contributed by atoms with Crippen LogP contribution in [0.25, 0.3) is 0 Å². The monoisotopic (exact) mass is 251 g/mol. The smallest absolute Gasteiger partial charge is 0.105 e. The van der Waals surface area contributed by atoms with E-state index >= 15 is 0 Å². The molecule has 102 valence electrons. The van der Waals surface area contributed by atoms with Crippen molar-refractivity contribution in [3.05, 3.63) is 24.2 Å². The summed E-state index contributed by atoms with van der Waals surface area (Å²) in [7, 11) is 0. The maximum atomic E-state index is 5.80. The van der Waals surface area contributed by atoms with Gasteiger partial charge in [0.2, 0.25) is 0 Å². The maximum Gasteiger partial charge on any atom is 0.105 e. The van der Waals surface area contributed by atoms with Gasteiger partial charge in [0.15, 0.2) is 0 Å². The lowest BCUT2D eigenvalue weighted by Gasteiger charge is -2.34. The minimum absolute atomic E-state index is 0.409. The molecule has 3 heteroatoms. The van der Waals surface area contributed by atoms with E-state index in [0.717, 1.165) is 31.6 Å². The fraction of sp³-hybridized carbons (Fsp3) is 0.733. The highest BCUT2D eigenvalue weighted by Crippen LogP contribution is 2.20. The number of hydrogen-bond donors (Lipinski definition) is 1. The van der Waals surface area contributed by atoms with Crippen LogP contribution in [0.15, 0.2) is 22.8 Å². The van der Waals surface area contributed by atoms with E-state index in [1.54, 1.807) is 6.26 Å². The van der Waals surface area contributed by atoms with Crippen molar-refractivity contribution in [3.8, 4) is 0 Å². The van der Waals surface area contributed by atoms with Gasteiger partial charge in [0.1, 0.15) is 5.76 Å². The minimum atomic E-state index is 0.409. The van der Waals surface area contributed by atoms with Gasteiger partial charge < -0.3 is 14.5 Å². The molecule has 1 aliphatic rings. The molecule has 1 aromatic rings. The van der Waals surface area contributed by atoms with Crippen molar-refractivity contribution >= 4 is 0 Å². The summed E-state index contributed by atoms with van der Waals surface area (Å²) in [4.78, 5) is 0. The summed E-state index contributed by atoms with van der Waals surface area (Å²) < 4.78 is 11.2. The third kappa shape index (κ3) is 3.85. The highest BCUT2D eigenvalue weighted by molar-refractivity contribution is 5.00. The number of ether oxygens (including phenoxy) is 1. The van der Waals surface area contributed by atoms with Gasteiger partial charge in [0, 0.05) is 25.1 Å². The predicted octanol–water partition coefficient (Wildman–Crippen LogP) is 3.00. The van der Waals surface area contributed by atoms with Crippen LogP contribution in [0.2, 0.25) is 0 Å². The van der Waals surface area contributed by atoms with Gasteiger partial charge in [-0.15, -0.1) is 0 Å². The van der Waals surface area contributed by atoms with Crippen LogP contribution in [-0.2, 0) is 11.2 Å². The third-order valence-corrected chi connectivity index (χ3v) is 3.67. The van der Waals surface area contributed by atoms with Gasteiger partial charge in [0.25, 0.3) is 0 Å². The average molecular weight is 251 g/mol. The van der Waals surface area contributed by atoms with E-state index in [2.05, 4.69) is 26.1 Å². The Bertz CT molecular complexity index is 334. The number of furan rings is 1. The number of rotatable bonds is 5. The second-order valence-corrected chi connectivity index (χ2v) is 5.73. The average Bonchev–Trinajstić information content (AvgIpc) is 2.82. The molecule has 0 aliphatic carbocycles. The van der Waals surface area contributed by atoms with Gasteiger partial charge in [-0.05, 0) is 37.8 Å². The van der Waals surface area contributed by atoms with Crippen LogP contribution in [-0.4, -0.2) is 24.8 Å². The molecule has 0 bridgehead atoms. The third-order valence-electron chi connectivity index (χ3n) is 3.67. The molecule has 1 saturated heterocycles. The highest BCUT2D eigenvalue weighted by Gasteiger charge is 2.25. The zero-order valence-electron chi connectivity index (χ0n) is 11.7. The second-order valence-electron chi connectivity index (χ2n) is 5.73. The molecule has 0 amide bonds. The van der Waals surface area contributed by atoms with Crippen molar-refractivity contribution in [1.29, 1.82) is 0 Å². The van der Waals surface area contributed by atoms with E-state index in [1.807, 2.05) is 12.1 Å². The quantitative estimate of drug-likeness (QED) is 0.873. The predicted molar refractivity (Wildman–Crippen MR) is 72.6 cm³/mol. The highest BCUT2D eigenvalue weighted by atomic mass is 16.5. The Balaban J connectivity index is 1.78. The molecular formula is C15H25NO2. The summed E-state index contributed by atoms with van der Waals surface area (Å²) in [6.07, 6.45) is 5.35. The molecular weight excluding hydrogens is 226 g/mol. The standard InChI is InChI=1S/C15H25NO2/c1-11(2)15-10-13(6-8-18-15)16-12(3)9-14-5-4-7-17-14/h4-5,7,11-13,15-16H,6,8-10H2,1-3H3. The summed E-state index contributed by atoms with van der Waals surface area (Å²) in [6.45, 7) is 7.58. The minimum Gasteiger partial charge on any atom is -0.469 e. The second kappa shape index (κ2) is 6.39. The van der Waals surface area contributed by atoms with Crippen molar-refractivity contribution < 1.29 is 9.15 Å². The van der Waals surface area contributed by atoms with Crippen LogP contribution < -0.4 is 5.32 Å². The summed E-state index contributed by atoms with van der Waals surface area (Å²) in [6, 6.07) is 5.02. The molecule has 1 fully saturated rings. The maximum absolute atomic E-state index is 5.80. The molecule has 3 atom stereocenters. The first kappa shape index (κ1) is 13.6. The topological polar surface area (TPSA) is 34.4 Å². The molecule has 0 spiro atoms. The van der Waals surface area contributed by atoms with Gasteiger partial charge >= 0.3 is 0 Å². The van der Waals surface area contributed by atoms with E-state index < -0.39 is 0 Å². The van der Waals surface area contributed by atoms with Crippen LogP contribution in [0.5, 0.6) is 0 Å². The summed E-state index contributed by atoms with van der Waals surface area (Å²) in [5, 5.41) is 3.70. The summed E-state index contributed by atoms with van der Waals surface area (Å²) in [5.74, 6) is 1.66. The molecule has 3 nitrogen and oxygen atoms in total. The lowest BCUT2D eigenvalue weighted by molar-refractivity contribution is -0.0256. The van der Waals surface area contributed by atoms with E-state index in [4.69, 9.17) is 9.15 Å². The Morgan fingerprint density at radius 3 is 2.89 bits per heavy atom. The van der Waals surface area contributed by atoms with Crippen LogP contribution in [0.3, 0.4) is 0 Å². The SMILES string of the molecule is CC(Cc1ccco1)NC1CCOC(C(C)C)C1. The van der Waals surface area contributed by atoms with Gasteiger partial charge in [-0.25, -0.2) is 0 Å². The Labute approximate surface area is 110 Å². The van der Waals surface area contributed by atoms with Crippen LogP contribution >= 0.6 is 0 Å².